The Hall–Kier alpha value is -2.09. The van der Waals surface area contributed by atoms with E-state index in [0.717, 1.165) is 11.1 Å². The van der Waals surface area contributed by atoms with Crippen LogP contribution in [-0.4, -0.2) is 10.9 Å². The molecule has 1 unspecified atom stereocenters. The van der Waals surface area contributed by atoms with Gasteiger partial charge >= 0.3 is 0 Å². The van der Waals surface area contributed by atoms with Crippen molar-refractivity contribution in [1.82, 2.24) is 0 Å². The first-order valence-corrected chi connectivity index (χ1v) is 5.20. The molecule has 0 heterocycles. The summed E-state index contributed by atoms with van der Waals surface area (Å²) in [5.74, 6) is 0.0600. The van der Waals surface area contributed by atoms with Crippen molar-refractivity contribution in [3.8, 4) is 5.75 Å². The van der Waals surface area contributed by atoms with Gasteiger partial charge in [0.1, 0.15) is 5.75 Å². The van der Waals surface area contributed by atoms with Gasteiger partial charge in [-0.25, -0.2) is 0 Å². The number of aromatic hydroxyl groups is 1. The van der Waals surface area contributed by atoms with Crippen molar-refractivity contribution in [3.63, 3.8) is 0 Å². The molecular formula is C14H10O2. The molecule has 0 saturated carbocycles. The van der Waals surface area contributed by atoms with Gasteiger partial charge in [0.15, 0.2) is 5.78 Å². The zero-order valence-electron chi connectivity index (χ0n) is 8.55. The minimum absolute atomic E-state index is 0.0701. The van der Waals surface area contributed by atoms with E-state index < -0.39 is 0 Å². The number of benzene rings is 1. The fourth-order valence-corrected chi connectivity index (χ4v) is 2.29. The molecule has 78 valence electrons. The lowest BCUT2D eigenvalue weighted by Crippen LogP contribution is -2.14. The Morgan fingerprint density at radius 2 is 2.06 bits per heavy atom. The van der Waals surface area contributed by atoms with Crippen LogP contribution in [0.5, 0.6) is 5.75 Å². The molecule has 1 atom stereocenters. The number of phenolic OH excluding ortho intramolecular Hbond substituents is 1. The Balaban J connectivity index is 2.27. The lowest BCUT2D eigenvalue weighted by atomic mass is 9.79. The van der Waals surface area contributed by atoms with Crippen molar-refractivity contribution in [1.29, 1.82) is 0 Å². The highest BCUT2D eigenvalue weighted by molar-refractivity contribution is 6.10. The largest absolute Gasteiger partial charge is 0.507 e. The maximum atomic E-state index is 11.9. The Morgan fingerprint density at radius 1 is 1.19 bits per heavy atom. The monoisotopic (exact) mass is 210 g/mol. The van der Waals surface area contributed by atoms with Crippen LogP contribution in [0.15, 0.2) is 54.2 Å². The summed E-state index contributed by atoms with van der Waals surface area (Å²) in [5.41, 5.74) is 2.32. The highest BCUT2D eigenvalue weighted by Crippen LogP contribution is 2.39. The second-order valence-corrected chi connectivity index (χ2v) is 3.97. The maximum Gasteiger partial charge on any atom is 0.190 e. The van der Waals surface area contributed by atoms with E-state index in [2.05, 4.69) is 0 Å². The summed E-state index contributed by atoms with van der Waals surface area (Å²) in [5, 5.41) is 9.72. The Bertz CT molecular complexity index is 562. The standard InChI is InChI=1S/C14H10O2/c15-12-7-3-6-11-10-5-2-1-4-9(10)8-13(16)14(11)12/h1-8,10,15H. The molecule has 2 aliphatic rings. The lowest BCUT2D eigenvalue weighted by Gasteiger charge is -2.24. The van der Waals surface area contributed by atoms with E-state index in [9.17, 15) is 9.90 Å². The number of hydrogen-bond acceptors (Lipinski definition) is 2. The summed E-state index contributed by atoms with van der Waals surface area (Å²) in [6.07, 6.45) is 9.47. The minimum Gasteiger partial charge on any atom is -0.507 e. The van der Waals surface area contributed by atoms with Gasteiger partial charge in [0.05, 0.1) is 5.56 Å². The molecule has 16 heavy (non-hydrogen) atoms. The molecule has 3 rings (SSSR count). The molecule has 0 aromatic heterocycles. The van der Waals surface area contributed by atoms with E-state index in [1.807, 2.05) is 30.4 Å². The summed E-state index contributed by atoms with van der Waals surface area (Å²) in [4.78, 5) is 11.9. The maximum absolute atomic E-state index is 11.9. The predicted molar refractivity (Wildman–Crippen MR) is 61.5 cm³/mol. The summed E-state index contributed by atoms with van der Waals surface area (Å²) in [6, 6.07) is 5.22. The van der Waals surface area contributed by atoms with Crippen LogP contribution in [0, 0.1) is 0 Å². The highest BCUT2D eigenvalue weighted by atomic mass is 16.3. The topological polar surface area (TPSA) is 37.3 Å². The zero-order chi connectivity index (χ0) is 11.1. The Morgan fingerprint density at radius 3 is 2.94 bits per heavy atom. The fourth-order valence-electron chi connectivity index (χ4n) is 2.29. The van der Waals surface area contributed by atoms with Crippen molar-refractivity contribution in [2.24, 2.45) is 0 Å². The molecule has 1 aromatic rings. The van der Waals surface area contributed by atoms with Crippen molar-refractivity contribution >= 4 is 5.78 Å². The third-order valence-corrected chi connectivity index (χ3v) is 3.02. The summed E-state index contributed by atoms with van der Waals surface area (Å²) < 4.78 is 0. The second kappa shape index (κ2) is 3.20. The summed E-state index contributed by atoms with van der Waals surface area (Å²) in [6.45, 7) is 0. The number of carbonyl (C=O) groups excluding carboxylic acids is 1. The molecule has 1 N–H and O–H groups in total. The second-order valence-electron chi connectivity index (χ2n) is 3.97. The minimum atomic E-state index is -0.112. The van der Waals surface area contributed by atoms with Gasteiger partial charge in [0.25, 0.3) is 0 Å². The first-order chi connectivity index (χ1) is 7.77. The van der Waals surface area contributed by atoms with E-state index in [4.69, 9.17) is 0 Å². The van der Waals surface area contributed by atoms with Crippen molar-refractivity contribution in [2.75, 3.05) is 0 Å². The fraction of sp³-hybridized carbons (Fsp3) is 0.0714. The van der Waals surface area contributed by atoms with Gasteiger partial charge in [-0.3, -0.25) is 4.79 Å². The molecule has 2 heteroatoms. The number of ketones is 1. The molecular weight excluding hydrogens is 200 g/mol. The Kier molecular flexibility index (Phi) is 1.83. The van der Waals surface area contributed by atoms with E-state index in [-0.39, 0.29) is 17.5 Å². The van der Waals surface area contributed by atoms with Gasteiger partial charge < -0.3 is 5.11 Å². The van der Waals surface area contributed by atoms with Crippen molar-refractivity contribution < 1.29 is 9.90 Å². The van der Waals surface area contributed by atoms with Crippen LogP contribution in [-0.2, 0) is 0 Å². The van der Waals surface area contributed by atoms with E-state index in [1.54, 1.807) is 18.2 Å². The number of fused-ring (bicyclic) bond motifs is 3. The third kappa shape index (κ3) is 1.16. The van der Waals surface area contributed by atoms with E-state index >= 15 is 0 Å². The molecule has 0 spiro atoms. The van der Waals surface area contributed by atoms with Gasteiger partial charge in [-0.2, -0.15) is 0 Å². The van der Waals surface area contributed by atoms with Crippen LogP contribution in [0.4, 0.5) is 0 Å². The first-order valence-electron chi connectivity index (χ1n) is 5.20. The first kappa shape index (κ1) is 9.16. The van der Waals surface area contributed by atoms with Crippen LogP contribution < -0.4 is 0 Å². The number of carbonyl (C=O) groups is 1. The lowest BCUT2D eigenvalue weighted by molar-refractivity contribution is 0.104. The Labute approximate surface area is 93.2 Å². The normalized spacial score (nSPS) is 21.4. The van der Waals surface area contributed by atoms with E-state index in [0.29, 0.717) is 5.56 Å². The molecule has 2 aliphatic carbocycles. The molecule has 0 aliphatic heterocycles. The van der Waals surface area contributed by atoms with Crippen LogP contribution in [0.2, 0.25) is 0 Å². The predicted octanol–water partition coefficient (Wildman–Crippen LogP) is 2.72. The van der Waals surface area contributed by atoms with Gasteiger partial charge in [-0.05, 0) is 23.3 Å². The quantitative estimate of drug-likeness (QED) is 0.714. The average molecular weight is 210 g/mol. The summed E-state index contributed by atoms with van der Waals surface area (Å²) in [7, 11) is 0. The van der Waals surface area contributed by atoms with Crippen LogP contribution in [0.1, 0.15) is 21.8 Å². The number of phenols is 1. The van der Waals surface area contributed by atoms with Crippen molar-refractivity contribution in [2.45, 2.75) is 5.92 Å². The molecule has 0 saturated heterocycles. The molecule has 0 radical (unpaired) electrons. The highest BCUT2D eigenvalue weighted by Gasteiger charge is 2.27. The van der Waals surface area contributed by atoms with E-state index in [1.165, 1.54) is 0 Å². The van der Waals surface area contributed by atoms with Gasteiger partial charge in [-0.1, -0.05) is 36.4 Å². The molecule has 0 amide bonds. The number of allylic oxidation sites excluding steroid dienone is 6. The van der Waals surface area contributed by atoms with Gasteiger partial charge in [0.2, 0.25) is 0 Å². The molecule has 1 aromatic carbocycles. The zero-order valence-corrected chi connectivity index (χ0v) is 8.55. The number of hydrogen-bond donors (Lipinski definition) is 1. The smallest absolute Gasteiger partial charge is 0.190 e. The number of rotatable bonds is 0. The average Bonchev–Trinajstić information content (AvgIpc) is 2.29. The molecule has 2 nitrogen and oxygen atoms in total. The van der Waals surface area contributed by atoms with Crippen LogP contribution >= 0.6 is 0 Å². The van der Waals surface area contributed by atoms with Gasteiger partial charge in [0, 0.05) is 5.92 Å². The van der Waals surface area contributed by atoms with Crippen molar-refractivity contribution in [3.05, 3.63) is 65.3 Å². The third-order valence-electron chi connectivity index (χ3n) is 3.02. The molecule has 0 fully saturated rings. The van der Waals surface area contributed by atoms with Crippen LogP contribution in [0.3, 0.4) is 0 Å². The van der Waals surface area contributed by atoms with Gasteiger partial charge in [-0.15, -0.1) is 0 Å². The SMILES string of the molecule is O=C1C=C2C=CC=CC2c2cccc(O)c21. The summed E-state index contributed by atoms with van der Waals surface area (Å²) >= 11 is 0. The van der Waals surface area contributed by atoms with Crippen LogP contribution in [0.25, 0.3) is 0 Å². The molecule has 0 bridgehead atoms.